The highest BCUT2D eigenvalue weighted by molar-refractivity contribution is 5.38. The van der Waals surface area contributed by atoms with E-state index in [0.29, 0.717) is 13.0 Å². The third kappa shape index (κ3) is 6.60. The van der Waals surface area contributed by atoms with Gasteiger partial charge in [0.1, 0.15) is 12.4 Å². The molecule has 0 aromatic heterocycles. The SMILES string of the molecule is CCCN(CC)CCOc1ccc(C#CCCO)cc1. The number of aliphatic hydroxyl groups is 1. The fourth-order valence-electron chi connectivity index (χ4n) is 1.89. The minimum Gasteiger partial charge on any atom is -0.492 e. The highest BCUT2D eigenvalue weighted by Crippen LogP contribution is 2.11. The van der Waals surface area contributed by atoms with E-state index in [1.54, 1.807) is 0 Å². The molecule has 110 valence electrons. The van der Waals surface area contributed by atoms with Crippen LogP contribution >= 0.6 is 0 Å². The van der Waals surface area contributed by atoms with Gasteiger partial charge in [-0.15, -0.1) is 0 Å². The lowest BCUT2D eigenvalue weighted by Gasteiger charge is -2.19. The molecule has 1 aromatic carbocycles. The molecule has 0 bridgehead atoms. The van der Waals surface area contributed by atoms with E-state index in [9.17, 15) is 0 Å². The molecule has 0 saturated heterocycles. The van der Waals surface area contributed by atoms with Crippen LogP contribution in [0.5, 0.6) is 5.75 Å². The molecule has 0 aliphatic heterocycles. The van der Waals surface area contributed by atoms with Gasteiger partial charge in [-0.3, -0.25) is 0 Å². The predicted molar refractivity (Wildman–Crippen MR) is 82.9 cm³/mol. The van der Waals surface area contributed by atoms with Crippen molar-refractivity contribution in [3.05, 3.63) is 29.8 Å². The number of aliphatic hydroxyl groups excluding tert-OH is 1. The zero-order valence-corrected chi connectivity index (χ0v) is 12.6. The average molecular weight is 275 g/mol. The van der Waals surface area contributed by atoms with Gasteiger partial charge in [0.15, 0.2) is 0 Å². The van der Waals surface area contributed by atoms with Crippen molar-refractivity contribution < 1.29 is 9.84 Å². The summed E-state index contributed by atoms with van der Waals surface area (Å²) in [5.41, 5.74) is 0.951. The van der Waals surface area contributed by atoms with Crippen molar-refractivity contribution in [2.45, 2.75) is 26.7 Å². The highest BCUT2D eigenvalue weighted by atomic mass is 16.5. The van der Waals surface area contributed by atoms with Gasteiger partial charge in [-0.2, -0.15) is 0 Å². The summed E-state index contributed by atoms with van der Waals surface area (Å²) in [6.45, 7) is 8.34. The molecule has 0 amide bonds. The molecule has 0 spiro atoms. The van der Waals surface area contributed by atoms with Gasteiger partial charge in [0, 0.05) is 18.5 Å². The molecule has 1 N–H and O–H groups in total. The standard InChI is InChI=1S/C17H25NO2/c1-3-12-18(4-2)13-15-20-17-10-8-16(9-11-17)7-5-6-14-19/h8-11,19H,3-4,6,12-15H2,1-2H3. The van der Waals surface area contributed by atoms with Gasteiger partial charge in [0.25, 0.3) is 0 Å². The first kappa shape index (κ1) is 16.6. The van der Waals surface area contributed by atoms with E-state index < -0.39 is 0 Å². The van der Waals surface area contributed by atoms with Gasteiger partial charge in [0.05, 0.1) is 6.61 Å². The number of hydrogen-bond acceptors (Lipinski definition) is 3. The first-order valence-electron chi connectivity index (χ1n) is 7.35. The van der Waals surface area contributed by atoms with Crippen LogP contribution < -0.4 is 4.74 Å². The van der Waals surface area contributed by atoms with E-state index in [-0.39, 0.29) is 6.61 Å². The Morgan fingerprint density at radius 2 is 1.90 bits per heavy atom. The smallest absolute Gasteiger partial charge is 0.119 e. The van der Waals surface area contributed by atoms with Crippen LogP contribution in [-0.2, 0) is 0 Å². The van der Waals surface area contributed by atoms with Crippen LogP contribution in [0.15, 0.2) is 24.3 Å². The van der Waals surface area contributed by atoms with Gasteiger partial charge in [0.2, 0.25) is 0 Å². The Hall–Kier alpha value is -1.50. The molecule has 3 heteroatoms. The van der Waals surface area contributed by atoms with E-state index in [1.807, 2.05) is 24.3 Å². The molecule has 20 heavy (non-hydrogen) atoms. The Kier molecular flexibility index (Phi) is 8.53. The van der Waals surface area contributed by atoms with Crippen LogP contribution in [0.1, 0.15) is 32.3 Å². The summed E-state index contributed by atoms with van der Waals surface area (Å²) < 4.78 is 5.74. The summed E-state index contributed by atoms with van der Waals surface area (Å²) in [5, 5.41) is 8.66. The second kappa shape index (κ2) is 10.3. The first-order chi connectivity index (χ1) is 9.80. The van der Waals surface area contributed by atoms with E-state index in [4.69, 9.17) is 9.84 Å². The topological polar surface area (TPSA) is 32.7 Å². The van der Waals surface area contributed by atoms with Crippen molar-refractivity contribution in [2.24, 2.45) is 0 Å². The van der Waals surface area contributed by atoms with Crippen LogP contribution in [0.2, 0.25) is 0 Å². The van der Waals surface area contributed by atoms with Crippen LogP contribution in [0, 0.1) is 11.8 Å². The fraction of sp³-hybridized carbons (Fsp3) is 0.529. The maximum absolute atomic E-state index is 8.66. The average Bonchev–Trinajstić information content (AvgIpc) is 2.48. The summed E-state index contributed by atoms with van der Waals surface area (Å²) in [6.07, 6.45) is 1.69. The lowest BCUT2D eigenvalue weighted by atomic mass is 10.2. The zero-order chi connectivity index (χ0) is 14.6. The number of ether oxygens (including phenoxy) is 1. The van der Waals surface area contributed by atoms with E-state index >= 15 is 0 Å². The summed E-state index contributed by atoms with van der Waals surface area (Å²) in [4.78, 5) is 2.38. The van der Waals surface area contributed by atoms with Crippen molar-refractivity contribution >= 4 is 0 Å². The summed E-state index contributed by atoms with van der Waals surface area (Å²) >= 11 is 0. The third-order valence-corrected chi connectivity index (χ3v) is 2.99. The highest BCUT2D eigenvalue weighted by Gasteiger charge is 2.01. The normalized spacial score (nSPS) is 10.2. The van der Waals surface area contributed by atoms with Crippen LogP contribution in [-0.4, -0.2) is 42.9 Å². The summed E-state index contributed by atoms with van der Waals surface area (Å²) in [6, 6.07) is 7.78. The van der Waals surface area contributed by atoms with E-state index in [1.165, 1.54) is 6.42 Å². The second-order valence-electron chi connectivity index (χ2n) is 4.58. The largest absolute Gasteiger partial charge is 0.492 e. The molecule has 1 rings (SSSR count). The summed E-state index contributed by atoms with van der Waals surface area (Å²) in [5.74, 6) is 6.78. The Labute approximate surface area is 122 Å². The van der Waals surface area contributed by atoms with Crippen molar-refractivity contribution in [3.8, 4) is 17.6 Å². The van der Waals surface area contributed by atoms with Crippen LogP contribution in [0.3, 0.4) is 0 Å². The molecule has 0 heterocycles. The first-order valence-corrected chi connectivity index (χ1v) is 7.35. The van der Waals surface area contributed by atoms with Gasteiger partial charge in [-0.1, -0.05) is 25.7 Å². The lowest BCUT2D eigenvalue weighted by molar-refractivity contribution is 0.216. The monoisotopic (exact) mass is 275 g/mol. The second-order valence-corrected chi connectivity index (χ2v) is 4.58. The number of likely N-dealkylation sites (N-methyl/N-ethyl adjacent to an activating group) is 1. The molecule has 1 aromatic rings. The molecule has 0 unspecified atom stereocenters. The Morgan fingerprint density at radius 1 is 1.15 bits per heavy atom. The van der Waals surface area contributed by atoms with Gasteiger partial charge >= 0.3 is 0 Å². The van der Waals surface area contributed by atoms with Crippen molar-refractivity contribution in [1.29, 1.82) is 0 Å². The molecule has 3 nitrogen and oxygen atoms in total. The quantitative estimate of drug-likeness (QED) is 0.740. The molecular weight excluding hydrogens is 250 g/mol. The van der Waals surface area contributed by atoms with Crippen molar-refractivity contribution in [3.63, 3.8) is 0 Å². The number of hydrogen-bond donors (Lipinski definition) is 1. The summed E-state index contributed by atoms with van der Waals surface area (Å²) in [7, 11) is 0. The minimum absolute atomic E-state index is 0.111. The Morgan fingerprint density at radius 3 is 2.50 bits per heavy atom. The number of benzene rings is 1. The van der Waals surface area contributed by atoms with Gasteiger partial charge in [-0.25, -0.2) is 0 Å². The maximum atomic E-state index is 8.66. The van der Waals surface area contributed by atoms with E-state index in [0.717, 1.165) is 30.9 Å². The zero-order valence-electron chi connectivity index (χ0n) is 12.6. The Bertz CT molecular complexity index is 417. The molecule has 0 aliphatic carbocycles. The molecule has 0 fully saturated rings. The molecule has 0 saturated carbocycles. The van der Waals surface area contributed by atoms with E-state index in [2.05, 4.69) is 30.6 Å². The molecule has 0 aliphatic rings. The van der Waals surface area contributed by atoms with Crippen molar-refractivity contribution in [2.75, 3.05) is 32.8 Å². The minimum atomic E-state index is 0.111. The lowest BCUT2D eigenvalue weighted by Crippen LogP contribution is -2.28. The van der Waals surface area contributed by atoms with Gasteiger partial charge in [-0.05, 0) is 43.8 Å². The molecule has 0 atom stereocenters. The Balaban J connectivity index is 2.36. The molecule has 0 radical (unpaired) electrons. The third-order valence-electron chi connectivity index (χ3n) is 2.99. The van der Waals surface area contributed by atoms with Crippen LogP contribution in [0.25, 0.3) is 0 Å². The van der Waals surface area contributed by atoms with Gasteiger partial charge < -0.3 is 14.7 Å². The number of rotatable bonds is 8. The maximum Gasteiger partial charge on any atom is 0.119 e. The van der Waals surface area contributed by atoms with Crippen molar-refractivity contribution in [1.82, 2.24) is 4.90 Å². The van der Waals surface area contributed by atoms with Crippen LogP contribution in [0.4, 0.5) is 0 Å². The molecular formula is C17H25NO2. The number of nitrogens with zero attached hydrogens (tertiary/aromatic N) is 1. The fourth-order valence-corrected chi connectivity index (χ4v) is 1.89. The predicted octanol–water partition coefficient (Wildman–Crippen LogP) is 2.53.